The van der Waals surface area contributed by atoms with Gasteiger partial charge in [-0.2, -0.15) is 0 Å². The van der Waals surface area contributed by atoms with E-state index in [0.717, 1.165) is 21.7 Å². The van der Waals surface area contributed by atoms with Crippen molar-refractivity contribution in [1.29, 1.82) is 0 Å². The fourth-order valence-corrected chi connectivity index (χ4v) is 5.52. The molecule has 5 nitrogen and oxygen atoms in total. The molecule has 1 unspecified atom stereocenters. The molecular formula is C27H23Cl3N4OS. The van der Waals surface area contributed by atoms with Crippen LogP contribution in [0.5, 0.6) is 0 Å². The summed E-state index contributed by atoms with van der Waals surface area (Å²) in [6, 6.07) is 18.8. The zero-order valence-electron chi connectivity index (χ0n) is 19.8. The number of hydrogen-bond acceptors (Lipinski definition) is 4. The number of rotatable bonds is 5. The molecule has 0 amide bonds. The average molecular weight is 558 g/mol. The molecule has 2 heterocycles. The number of amidine groups is 1. The number of nitrogens with one attached hydrogen (secondary N) is 1. The molecule has 4 aromatic rings. The van der Waals surface area contributed by atoms with Crippen molar-refractivity contribution in [3.63, 3.8) is 0 Å². The van der Waals surface area contributed by atoms with Crippen LogP contribution in [0.4, 0.5) is 0 Å². The fourth-order valence-electron chi connectivity index (χ4n) is 4.12. The Bertz CT molecular complexity index is 1520. The number of nitrogens with zero attached hydrogens (tertiary/aromatic N) is 3. The number of halogens is 3. The molecule has 36 heavy (non-hydrogen) atoms. The summed E-state index contributed by atoms with van der Waals surface area (Å²) < 4.78 is 13.8. The SMILES string of the molecule is CS(=O)c1cccc(-c2ccc(-n3cc(C4=NCC(C)(C)N4)nc3-c3c(Cl)cccc3Cl)c(Cl)c2)c1. The summed E-state index contributed by atoms with van der Waals surface area (Å²) in [5.41, 5.74) is 3.70. The molecule has 1 atom stereocenters. The van der Waals surface area contributed by atoms with E-state index in [4.69, 9.17) is 39.8 Å². The molecule has 0 radical (unpaired) electrons. The molecular weight excluding hydrogens is 535 g/mol. The molecule has 3 aromatic carbocycles. The summed E-state index contributed by atoms with van der Waals surface area (Å²) in [4.78, 5) is 10.3. The first kappa shape index (κ1) is 25.0. The van der Waals surface area contributed by atoms with Crippen LogP contribution in [0.2, 0.25) is 15.1 Å². The topological polar surface area (TPSA) is 59.3 Å². The molecule has 0 aliphatic carbocycles. The summed E-state index contributed by atoms with van der Waals surface area (Å²) in [6.45, 7) is 4.82. The largest absolute Gasteiger partial charge is 0.362 e. The van der Waals surface area contributed by atoms with Gasteiger partial charge < -0.3 is 5.32 Å². The van der Waals surface area contributed by atoms with Gasteiger partial charge in [0, 0.05) is 28.1 Å². The maximum atomic E-state index is 12.0. The lowest BCUT2D eigenvalue weighted by Gasteiger charge is -2.17. The van der Waals surface area contributed by atoms with E-state index in [-0.39, 0.29) is 5.54 Å². The van der Waals surface area contributed by atoms with E-state index >= 15 is 0 Å². The molecule has 0 spiro atoms. The van der Waals surface area contributed by atoms with Crippen LogP contribution in [0.1, 0.15) is 19.5 Å². The van der Waals surface area contributed by atoms with E-state index in [9.17, 15) is 4.21 Å². The van der Waals surface area contributed by atoms with Crippen LogP contribution in [-0.4, -0.2) is 37.9 Å². The molecule has 1 aromatic heterocycles. The van der Waals surface area contributed by atoms with Crippen molar-refractivity contribution < 1.29 is 4.21 Å². The van der Waals surface area contributed by atoms with Crippen LogP contribution < -0.4 is 5.32 Å². The third-order valence-corrected chi connectivity index (χ3v) is 7.78. The molecule has 1 aliphatic rings. The Morgan fingerprint density at radius 1 is 0.944 bits per heavy atom. The zero-order chi connectivity index (χ0) is 25.6. The molecule has 5 rings (SSSR count). The highest BCUT2D eigenvalue weighted by Crippen LogP contribution is 2.37. The minimum atomic E-state index is -1.07. The first-order valence-electron chi connectivity index (χ1n) is 11.2. The van der Waals surface area contributed by atoms with Gasteiger partial charge in [0.15, 0.2) is 0 Å². The van der Waals surface area contributed by atoms with Crippen molar-refractivity contribution in [1.82, 2.24) is 14.9 Å². The Morgan fingerprint density at radius 2 is 1.64 bits per heavy atom. The highest BCUT2D eigenvalue weighted by atomic mass is 35.5. The van der Waals surface area contributed by atoms with Gasteiger partial charge in [-0.1, -0.05) is 59.1 Å². The van der Waals surface area contributed by atoms with Gasteiger partial charge >= 0.3 is 0 Å². The third kappa shape index (κ3) is 4.83. The summed E-state index contributed by atoms with van der Waals surface area (Å²) in [6.07, 6.45) is 3.56. The third-order valence-electron chi connectivity index (χ3n) is 5.93. The number of imidazole rings is 1. The van der Waals surface area contributed by atoms with Crippen LogP contribution in [0.25, 0.3) is 28.2 Å². The molecule has 0 saturated carbocycles. The summed E-state index contributed by atoms with van der Waals surface area (Å²) in [5, 5.41) is 4.92. The second-order valence-electron chi connectivity index (χ2n) is 9.24. The van der Waals surface area contributed by atoms with Gasteiger partial charge in [-0.05, 0) is 61.4 Å². The fraction of sp³-hybridized carbons (Fsp3) is 0.185. The first-order chi connectivity index (χ1) is 17.1. The van der Waals surface area contributed by atoms with Crippen molar-refractivity contribution in [2.24, 2.45) is 4.99 Å². The smallest absolute Gasteiger partial charge is 0.149 e. The lowest BCUT2D eigenvalue weighted by Crippen LogP contribution is -2.39. The molecule has 9 heteroatoms. The van der Waals surface area contributed by atoms with Gasteiger partial charge in [-0.15, -0.1) is 0 Å². The molecule has 0 saturated heterocycles. The van der Waals surface area contributed by atoms with E-state index in [0.29, 0.717) is 44.5 Å². The Morgan fingerprint density at radius 3 is 2.28 bits per heavy atom. The van der Waals surface area contributed by atoms with Gasteiger partial charge in [0.05, 0.1) is 38.4 Å². The maximum Gasteiger partial charge on any atom is 0.149 e. The van der Waals surface area contributed by atoms with Crippen molar-refractivity contribution in [2.75, 3.05) is 12.8 Å². The van der Waals surface area contributed by atoms with E-state index in [1.165, 1.54) is 0 Å². The highest BCUT2D eigenvalue weighted by Gasteiger charge is 2.28. The van der Waals surface area contributed by atoms with Crippen molar-refractivity contribution in [3.8, 4) is 28.2 Å². The second kappa shape index (κ2) is 9.67. The van der Waals surface area contributed by atoms with Gasteiger partial charge in [-0.3, -0.25) is 13.8 Å². The molecule has 184 valence electrons. The van der Waals surface area contributed by atoms with Gasteiger partial charge in [-0.25, -0.2) is 4.98 Å². The van der Waals surface area contributed by atoms with Crippen LogP contribution in [0, 0.1) is 0 Å². The molecule has 0 fully saturated rings. The van der Waals surface area contributed by atoms with Gasteiger partial charge in [0.1, 0.15) is 17.4 Å². The summed E-state index contributed by atoms with van der Waals surface area (Å²) in [5.74, 6) is 1.27. The summed E-state index contributed by atoms with van der Waals surface area (Å²) in [7, 11) is -1.07. The predicted octanol–water partition coefficient (Wildman–Crippen LogP) is 7.03. The van der Waals surface area contributed by atoms with Crippen molar-refractivity contribution >= 4 is 51.4 Å². The molecule has 0 bridgehead atoms. The van der Waals surface area contributed by atoms with E-state index in [2.05, 4.69) is 24.2 Å². The van der Waals surface area contributed by atoms with Crippen LogP contribution in [-0.2, 0) is 10.8 Å². The number of benzene rings is 3. The van der Waals surface area contributed by atoms with E-state index in [1.54, 1.807) is 24.5 Å². The highest BCUT2D eigenvalue weighted by molar-refractivity contribution is 7.84. The zero-order valence-corrected chi connectivity index (χ0v) is 22.9. The minimum Gasteiger partial charge on any atom is -0.362 e. The number of aromatic nitrogens is 2. The van der Waals surface area contributed by atoms with Crippen molar-refractivity contribution in [2.45, 2.75) is 24.3 Å². The Labute approximate surface area is 227 Å². The van der Waals surface area contributed by atoms with E-state index in [1.807, 2.05) is 53.2 Å². The maximum absolute atomic E-state index is 12.0. The van der Waals surface area contributed by atoms with E-state index < -0.39 is 10.8 Å². The molecule has 1 N–H and O–H groups in total. The number of hydrogen-bond donors (Lipinski definition) is 1. The lowest BCUT2D eigenvalue weighted by atomic mass is 10.1. The standard InChI is InChI=1S/C27H23Cl3N4OS/c1-27(2)15-31-25(33-27)22-14-34(26(32-22)24-19(28)8-5-9-20(24)29)23-11-10-17(13-21(23)30)16-6-4-7-18(12-16)36(3)35/h4-14H,15H2,1-3H3,(H,31,33). The van der Waals surface area contributed by atoms with Crippen molar-refractivity contribution in [3.05, 3.63) is 87.6 Å². The van der Waals surface area contributed by atoms with Crippen LogP contribution >= 0.6 is 34.8 Å². The van der Waals surface area contributed by atoms with Crippen LogP contribution in [0.3, 0.4) is 0 Å². The normalized spacial score (nSPS) is 15.4. The average Bonchev–Trinajstić information content (AvgIpc) is 3.42. The minimum absolute atomic E-state index is 0.155. The monoisotopic (exact) mass is 556 g/mol. The Hall–Kier alpha value is -2.64. The van der Waals surface area contributed by atoms with Crippen LogP contribution in [0.15, 0.2) is 76.7 Å². The quantitative estimate of drug-likeness (QED) is 0.286. The summed E-state index contributed by atoms with van der Waals surface area (Å²) >= 11 is 20.0. The number of aliphatic imine (C=N–C) groups is 1. The predicted molar refractivity (Wildman–Crippen MR) is 150 cm³/mol. The molecule has 1 aliphatic heterocycles. The Kier molecular flexibility index (Phi) is 6.72. The van der Waals surface area contributed by atoms with Gasteiger partial charge in [0.25, 0.3) is 0 Å². The van der Waals surface area contributed by atoms with Gasteiger partial charge in [0.2, 0.25) is 0 Å². The lowest BCUT2D eigenvalue weighted by molar-refractivity contribution is 0.506. The Balaban J connectivity index is 1.64. The first-order valence-corrected chi connectivity index (χ1v) is 13.9. The second-order valence-corrected chi connectivity index (χ2v) is 11.8.